The fourth-order valence-corrected chi connectivity index (χ4v) is 1.11. The largest absolute Gasteiger partial charge is 0.508 e. The maximum atomic E-state index is 11.4. The van der Waals surface area contributed by atoms with Crippen molar-refractivity contribution in [1.29, 1.82) is 0 Å². The molecule has 1 aromatic carbocycles. The number of benzene rings is 1. The molecule has 5 nitrogen and oxygen atoms in total. The number of Topliss-reactive ketones (excluding diaryl/α,β-unsaturated/α-hetero) is 1. The van der Waals surface area contributed by atoms with Crippen LogP contribution in [-0.4, -0.2) is 22.0 Å². The summed E-state index contributed by atoms with van der Waals surface area (Å²) in [4.78, 5) is 22.1. The second-order valence-corrected chi connectivity index (χ2v) is 3.01. The highest BCUT2D eigenvalue weighted by Gasteiger charge is 2.08. The Balaban J connectivity index is 2.58. The Morgan fingerprint density at radius 1 is 1.27 bits per heavy atom. The molecule has 0 aliphatic heterocycles. The van der Waals surface area contributed by atoms with Crippen molar-refractivity contribution in [2.75, 3.05) is 0 Å². The Morgan fingerprint density at radius 2 is 2.00 bits per heavy atom. The maximum absolute atomic E-state index is 11.4. The van der Waals surface area contributed by atoms with Gasteiger partial charge in [-0.25, -0.2) is 5.48 Å². The van der Waals surface area contributed by atoms with Crippen LogP contribution < -0.4 is 5.48 Å². The van der Waals surface area contributed by atoms with Crippen molar-refractivity contribution in [3.63, 3.8) is 0 Å². The van der Waals surface area contributed by atoms with E-state index in [9.17, 15) is 9.59 Å². The van der Waals surface area contributed by atoms with Gasteiger partial charge in [-0.15, -0.1) is 0 Å². The Kier molecular flexibility index (Phi) is 3.82. The van der Waals surface area contributed by atoms with Crippen molar-refractivity contribution in [2.45, 2.75) is 12.8 Å². The van der Waals surface area contributed by atoms with Gasteiger partial charge in [-0.2, -0.15) is 0 Å². The minimum Gasteiger partial charge on any atom is -0.508 e. The minimum atomic E-state index is -0.608. The number of rotatable bonds is 4. The van der Waals surface area contributed by atoms with Crippen LogP contribution >= 0.6 is 0 Å². The zero-order valence-corrected chi connectivity index (χ0v) is 7.93. The molecule has 0 spiro atoms. The van der Waals surface area contributed by atoms with E-state index >= 15 is 0 Å². The molecule has 0 unspecified atom stereocenters. The third-order valence-electron chi connectivity index (χ3n) is 1.87. The van der Waals surface area contributed by atoms with E-state index in [4.69, 9.17) is 10.3 Å². The number of carbonyl (C=O) groups is 2. The summed E-state index contributed by atoms with van der Waals surface area (Å²) in [6, 6.07) is 5.89. The number of hydroxylamine groups is 1. The molecular formula is C10H11NO4. The SMILES string of the molecule is O=C(CCC(=O)c1cccc(O)c1)NO. The van der Waals surface area contributed by atoms with Crippen molar-refractivity contribution >= 4 is 11.7 Å². The first-order valence-electron chi connectivity index (χ1n) is 4.38. The fraction of sp³-hybridized carbons (Fsp3) is 0.200. The third kappa shape index (κ3) is 3.40. The van der Waals surface area contributed by atoms with E-state index in [1.807, 2.05) is 0 Å². The number of nitrogens with one attached hydrogen (secondary N) is 1. The summed E-state index contributed by atoms with van der Waals surface area (Å²) in [6.45, 7) is 0. The van der Waals surface area contributed by atoms with E-state index in [0.717, 1.165) is 0 Å². The maximum Gasteiger partial charge on any atom is 0.243 e. The molecule has 0 saturated heterocycles. The molecule has 0 aliphatic carbocycles. The van der Waals surface area contributed by atoms with Crippen LogP contribution in [-0.2, 0) is 4.79 Å². The Labute approximate surface area is 86.3 Å². The minimum absolute atomic E-state index is 0.00412. The zero-order valence-electron chi connectivity index (χ0n) is 7.93. The predicted octanol–water partition coefficient (Wildman–Crippen LogP) is 0.861. The molecule has 0 fully saturated rings. The zero-order chi connectivity index (χ0) is 11.3. The van der Waals surface area contributed by atoms with Crippen molar-refractivity contribution in [3.05, 3.63) is 29.8 Å². The number of ketones is 1. The molecule has 0 aliphatic rings. The van der Waals surface area contributed by atoms with E-state index in [2.05, 4.69) is 0 Å². The lowest BCUT2D eigenvalue weighted by molar-refractivity contribution is -0.129. The highest BCUT2D eigenvalue weighted by molar-refractivity contribution is 5.98. The Bertz CT molecular complexity index is 375. The molecule has 1 aromatic rings. The second-order valence-electron chi connectivity index (χ2n) is 3.01. The summed E-state index contributed by atoms with van der Waals surface area (Å²) < 4.78 is 0. The van der Waals surface area contributed by atoms with E-state index in [-0.39, 0.29) is 24.4 Å². The predicted molar refractivity (Wildman–Crippen MR) is 51.6 cm³/mol. The van der Waals surface area contributed by atoms with Crippen LogP contribution in [0, 0.1) is 0 Å². The van der Waals surface area contributed by atoms with E-state index in [1.165, 1.54) is 17.6 Å². The molecule has 0 heterocycles. The average molecular weight is 209 g/mol. The van der Waals surface area contributed by atoms with Crippen LogP contribution in [0.3, 0.4) is 0 Å². The summed E-state index contributed by atoms with van der Waals surface area (Å²) in [5.41, 5.74) is 1.79. The lowest BCUT2D eigenvalue weighted by Gasteiger charge is -2.00. The Morgan fingerprint density at radius 3 is 2.60 bits per heavy atom. The lowest BCUT2D eigenvalue weighted by atomic mass is 10.1. The molecule has 0 radical (unpaired) electrons. The smallest absolute Gasteiger partial charge is 0.243 e. The standard InChI is InChI=1S/C10H11NO4/c12-8-3-1-2-7(6-8)9(13)4-5-10(14)11-15/h1-3,6,12,15H,4-5H2,(H,11,14). The van der Waals surface area contributed by atoms with Gasteiger partial charge in [0.1, 0.15) is 5.75 Å². The van der Waals surface area contributed by atoms with Crippen molar-refractivity contribution in [1.82, 2.24) is 5.48 Å². The van der Waals surface area contributed by atoms with Crippen LogP contribution in [0.4, 0.5) is 0 Å². The molecule has 80 valence electrons. The molecule has 0 aromatic heterocycles. The topological polar surface area (TPSA) is 86.6 Å². The van der Waals surface area contributed by atoms with Crippen molar-refractivity contribution < 1.29 is 19.9 Å². The normalized spacial score (nSPS) is 9.67. The van der Waals surface area contributed by atoms with Crippen LogP contribution in [0.25, 0.3) is 0 Å². The van der Waals surface area contributed by atoms with Gasteiger partial charge in [-0.05, 0) is 12.1 Å². The van der Waals surface area contributed by atoms with Crippen molar-refractivity contribution in [2.24, 2.45) is 0 Å². The summed E-state index contributed by atoms with van der Waals surface area (Å²) in [5, 5.41) is 17.3. The summed E-state index contributed by atoms with van der Waals surface area (Å²) in [7, 11) is 0. The van der Waals surface area contributed by atoms with Crippen LogP contribution in [0.2, 0.25) is 0 Å². The molecule has 3 N–H and O–H groups in total. The van der Waals surface area contributed by atoms with Gasteiger partial charge in [0.25, 0.3) is 0 Å². The van der Waals surface area contributed by atoms with Gasteiger partial charge in [0.2, 0.25) is 5.91 Å². The summed E-state index contributed by atoms with van der Waals surface area (Å²) >= 11 is 0. The molecule has 0 bridgehead atoms. The van der Waals surface area contributed by atoms with E-state index in [0.29, 0.717) is 5.56 Å². The van der Waals surface area contributed by atoms with Crippen LogP contribution in [0.5, 0.6) is 5.75 Å². The number of aromatic hydroxyl groups is 1. The molecule has 15 heavy (non-hydrogen) atoms. The summed E-state index contributed by atoms with van der Waals surface area (Å²) in [5.74, 6) is -0.856. The van der Waals surface area contributed by atoms with Gasteiger partial charge in [-0.1, -0.05) is 12.1 Å². The summed E-state index contributed by atoms with van der Waals surface area (Å²) in [6.07, 6.45) is -0.0825. The third-order valence-corrected chi connectivity index (χ3v) is 1.87. The lowest BCUT2D eigenvalue weighted by Crippen LogP contribution is -2.19. The van der Waals surface area contributed by atoms with Gasteiger partial charge < -0.3 is 5.11 Å². The first-order valence-corrected chi connectivity index (χ1v) is 4.38. The number of phenols is 1. The number of hydrogen-bond donors (Lipinski definition) is 3. The number of carbonyl (C=O) groups excluding carboxylic acids is 2. The molecule has 5 heteroatoms. The fourth-order valence-electron chi connectivity index (χ4n) is 1.11. The van der Waals surface area contributed by atoms with Gasteiger partial charge >= 0.3 is 0 Å². The van der Waals surface area contributed by atoms with Gasteiger partial charge in [-0.3, -0.25) is 14.8 Å². The highest BCUT2D eigenvalue weighted by Crippen LogP contribution is 2.13. The molecule has 0 saturated carbocycles. The molecule has 1 rings (SSSR count). The highest BCUT2D eigenvalue weighted by atomic mass is 16.5. The quantitative estimate of drug-likeness (QED) is 0.390. The Hall–Kier alpha value is -1.88. The molecular weight excluding hydrogens is 198 g/mol. The van der Waals surface area contributed by atoms with Crippen LogP contribution in [0.15, 0.2) is 24.3 Å². The van der Waals surface area contributed by atoms with Crippen LogP contribution in [0.1, 0.15) is 23.2 Å². The molecule has 0 atom stereocenters. The first kappa shape index (κ1) is 11.2. The molecule has 1 amide bonds. The van der Waals surface area contributed by atoms with Gasteiger partial charge in [0.05, 0.1) is 0 Å². The van der Waals surface area contributed by atoms with Crippen molar-refractivity contribution in [3.8, 4) is 5.75 Å². The average Bonchev–Trinajstić information content (AvgIpc) is 2.25. The monoisotopic (exact) mass is 209 g/mol. The second kappa shape index (κ2) is 5.11. The van der Waals surface area contributed by atoms with Gasteiger partial charge in [0.15, 0.2) is 5.78 Å². The number of amides is 1. The number of phenolic OH excluding ortho intramolecular Hbond substituents is 1. The van der Waals surface area contributed by atoms with Gasteiger partial charge in [0, 0.05) is 18.4 Å². The first-order chi connectivity index (χ1) is 7.13. The number of hydrogen-bond acceptors (Lipinski definition) is 4. The van der Waals surface area contributed by atoms with E-state index in [1.54, 1.807) is 12.1 Å². The van der Waals surface area contributed by atoms with E-state index < -0.39 is 5.91 Å².